The Morgan fingerprint density at radius 1 is 1.12 bits per heavy atom. The second kappa shape index (κ2) is 12.6. The van der Waals surface area contributed by atoms with E-state index in [-0.39, 0.29) is 11.5 Å². The number of hydrogen-bond donors (Lipinski definition) is 0. The first-order valence-corrected chi connectivity index (χ1v) is 13.0. The topological polar surface area (TPSA) is 56.5 Å². The van der Waals surface area contributed by atoms with Gasteiger partial charge >= 0.3 is 11.6 Å². The van der Waals surface area contributed by atoms with Gasteiger partial charge in [0.15, 0.2) is 0 Å². The zero-order valence-corrected chi connectivity index (χ0v) is 21.2. The standard InChI is InChI=1S/C29H34O4S/c1-5-8-9-10-22-11-14-25(20(4)15-22)26-16-23-12-13-24(17-27(23)33-29(26)31)34-19-21(6-2)18-32-28(30)7-3/h7,11-17,21H,3,5-6,8-10,18-19H2,1-2,4H3. The summed E-state index contributed by atoms with van der Waals surface area (Å²) >= 11 is 1.67. The maximum Gasteiger partial charge on any atom is 0.344 e. The Morgan fingerprint density at radius 3 is 2.65 bits per heavy atom. The van der Waals surface area contributed by atoms with E-state index in [0.717, 1.165) is 40.0 Å². The van der Waals surface area contributed by atoms with Crippen molar-refractivity contribution in [1.29, 1.82) is 0 Å². The molecule has 3 rings (SSSR count). The fourth-order valence-electron chi connectivity index (χ4n) is 3.89. The van der Waals surface area contributed by atoms with Gasteiger partial charge in [0, 0.05) is 28.0 Å². The maximum atomic E-state index is 12.9. The number of hydrogen-bond acceptors (Lipinski definition) is 5. The Labute approximate surface area is 206 Å². The van der Waals surface area contributed by atoms with E-state index in [4.69, 9.17) is 9.15 Å². The summed E-state index contributed by atoms with van der Waals surface area (Å²) in [5.74, 6) is 0.651. The molecule has 0 aliphatic carbocycles. The van der Waals surface area contributed by atoms with Gasteiger partial charge in [-0.2, -0.15) is 0 Å². The molecule has 0 spiro atoms. The Morgan fingerprint density at radius 2 is 1.94 bits per heavy atom. The van der Waals surface area contributed by atoms with Crippen molar-refractivity contribution in [3.8, 4) is 11.1 Å². The van der Waals surface area contributed by atoms with Crippen LogP contribution in [0.3, 0.4) is 0 Å². The summed E-state index contributed by atoms with van der Waals surface area (Å²) in [6, 6.07) is 14.2. The van der Waals surface area contributed by atoms with Crippen molar-refractivity contribution < 1.29 is 13.9 Å². The highest BCUT2D eigenvalue weighted by Crippen LogP contribution is 2.29. The van der Waals surface area contributed by atoms with Crippen LogP contribution >= 0.6 is 11.8 Å². The smallest absolute Gasteiger partial charge is 0.344 e. The van der Waals surface area contributed by atoms with Crippen molar-refractivity contribution in [3.05, 3.63) is 76.7 Å². The van der Waals surface area contributed by atoms with Crippen molar-refractivity contribution in [1.82, 2.24) is 0 Å². The van der Waals surface area contributed by atoms with E-state index >= 15 is 0 Å². The van der Waals surface area contributed by atoms with Crippen molar-refractivity contribution >= 4 is 28.7 Å². The summed E-state index contributed by atoms with van der Waals surface area (Å²) in [4.78, 5) is 25.2. The molecule has 3 aromatic rings. The van der Waals surface area contributed by atoms with Crippen molar-refractivity contribution in [2.75, 3.05) is 12.4 Å². The van der Waals surface area contributed by atoms with Crippen LogP contribution in [0.2, 0.25) is 0 Å². The van der Waals surface area contributed by atoms with Gasteiger partial charge in [-0.3, -0.25) is 0 Å². The van der Waals surface area contributed by atoms with Gasteiger partial charge in [-0.15, -0.1) is 11.8 Å². The van der Waals surface area contributed by atoms with Gasteiger partial charge in [0.05, 0.1) is 12.2 Å². The third-order valence-electron chi connectivity index (χ3n) is 6.05. The van der Waals surface area contributed by atoms with Crippen LogP contribution in [-0.4, -0.2) is 18.3 Å². The Hall–Kier alpha value is -2.79. The lowest BCUT2D eigenvalue weighted by molar-refractivity contribution is -0.138. The van der Waals surface area contributed by atoms with Crippen molar-refractivity contribution in [2.45, 2.75) is 57.8 Å². The molecule has 0 amide bonds. The van der Waals surface area contributed by atoms with Crippen LogP contribution in [0, 0.1) is 12.8 Å². The molecular weight excluding hydrogens is 444 g/mol. The molecule has 5 heteroatoms. The molecule has 1 unspecified atom stereocenters. The first-order valence-electron chi connectivity index (χ1n) is 12.0. The molecule has 2 aromatic carbocycles. The van der Waals surface area contributed by atoms with E-state index in [9.17, 15) is 9.59 Å². The van der Waals surface area contributed by atoms with Gasteiger partial charge in [-0.05, 0) is 61.1 Å². The summed E-state index contributed by atoms with van der Waals surface area (Å²) in [6.45, 7) is 10.1. The summed E-state index contributed by atoms with van der Waals surface area (Å²) in [6.07, 6.45) is 6.78. The molecule has 0 bridgehead atoms. The number of unbranched alkanes of at least 4 members (excludes halogenated alkanes) is 2. The molecule has 180 valence electrons. The van der Waals surface area contributed by atoms with E-state index in [1.807, 2.05) is 30.3 Å². The SMILES string of the molecule is C=CC(=O)OCC(CC)CSc1ccc2cc(-c3ccc(CCCCC)cc3C)c(=O)oc2c1. The lowest BCUT2D eigenvalue weighted by Gasteiger charge is -2.14. The molecule has 0 radical (unpaired) electrons. The van der Waals surface area contributed by atoms with Gasteiger partial charge in [-0.25, -0.2) is 9.59 Å². The molecule has 0 N–H and O–H groups in total. The molecule has 1 aromatic heterocycles. The highest BCUT2D eigenvalue weighted by molar-refractivity contribution is 7.99. The van der Waals surface area contributed by atoms with Crippen LogP contribution in [0.25, 0.3) is 22.1 Å². The quantitative estimate of drug-likeness (QED) is 0.0895. The van der Waals surface area contributed by atoms with Crippen LogP contribution in [0.1, 0.15) is 50.7 Å². The third kappa shape index (κ3) is 6.86. The number of esters is 1. The van der Waals surface area contributed by atoms with Crippen LogP contribution in [0.15, 0.2) is 69.2 Å². The van der Waals surface area contributed by atoms with Crippen LogP contribution in [0.5, 0.6) is 0 Å². The number of thioether (sulfide) groups is 1. The number of benzene rings is 2. The minimum atomic E-state index is -0.395. The van der Waals surface area contributed by atoms with Crippen molar-refractivity contribution in [2.24, 2.45) is 5.92 Å². The van der Waals surface area contributed by atoms with E-state index < -0.39 is 5.97 Å². The van der Waals surface area contributed by atoms with Gasteiger partial charge in [0.25, 0.3) is 0 Å². The average molecular weight is 479 g/mol. The molecule has 0 aliphatic rings. The molecule has 0 aliphatic heterocycles. The van der Waals surface area contributed by atoms with Gasteiger partial charge < -0.3 is 9.15 Å². The van der Waals surface area contributed by atoms with Crippen LogP contribution < -0.4 is 5.63 Å². The fourth-order valence-corrected chi connectivity index (χ4v) is 5.00. The van der Waals surface area contributed by atoms with Gasteiger partial charge in [0.1, 0.15) is 5.58 Å². The first kappa shape index (κ1) is 25.8. The number of carbonyl (C=O) groups is 1. The molecule has 34 heavy (non-hydrogen) atoms. The second-order valence-electron chi connectivity index (χ2n) is 8.67. The second-order valence-corrected chi connectivity index (χ2v) is 9.77. The summed E-state index contributed by atoms with van der Waals surface area (Å²) in [7, 11) is 0. The highest BCUT2D eigenvalue weighted by atomic mass is 32.2. The minimum Gasteiger partial charge on any atom is -0.462 e. The van der Waals surface area contributed by atoms with Crippen LogP contribution in [0.4, 0.5) is 0 Å². The molecule has 4 nitrogen and oxygen atoms in total. The predicted molar refractivity (Wildman–Crippen MR) is 142 cm³/mol. The van der Waals surface area contributed by atoms with E-state index in [2.05, 4.69) is 39.5 Å². The summed E-state index contributed by atoms with van der Waals surface area (Å²) < 4.78 is 10.9. The minimum absolute atomic E-state index is 0.243. The average Bonchev–Trinajstić information content (AvgIpc) is 2.84. The highest BCUT2D eigenvalue weighted by Gasteiger charge is 2.13. The molecule has 0 saturated carbocycles. The van der Waals surface area contributed by atoms with E-state index in [1.165, 1.54) is 30.9 Å². The molecule has 0 saturated heterocycles. The zero-order valence-electron chi connectivity index (χ0n) is 20.4. The van der Waals surface area contributed by atoms with Crippen molar-refractivity contribution in [3.63, 3.8) is 0 Å². The van der Waals surface area contributed by atoms with Crippen LogP contribution in [-0.2, 0) is 16.0 Å². The molecule has 1 heterocycles. The Balaban J connectivity index is 1.75. The number of fused-ring (bicyclic) bond motifs is 1. The third-order valence-corrected chi connectivity index (χ3v) is 7.27. The number of ether oxygens (including phenoxy) is 1. The van der Waals surface area contributed by atoms with E-state index in [1.54, 1.807) is 11.8 Å². The zero-order chi connectivity index (χ0) is 24.5. The Bertz CT molecular complexity index is 1190. The Kier molecular flexibility index (Phi) is 9.58. The summed E-state index contributed by atoms with van der Waals surface area (Å²) in [5.41, 5.74) is 4.19. The fraction of sp³-hybridized carbons (Fsp3) is 0.379. The van der Waals surface area contributed by atoms with Gasteiger partial charge in [-0.1, -0.05) is 57.5 Å². The molecular formula is C29H34O4S. The largest absolute Gasteiger partial charge is 0.462 e. The van der Waals surface area contributed by atoms with Gasteiger partial charge in [0.2, 0.25) is 0 Å². The first-order chi connectivity index (χ1) is 16.4. The molecule has 0 fully saturated rings. The lowest BCUT2D eigenvalue weighted by Crippen LogP contribution is -2.14. The number of rotatable bonds is 12. The lowest BCUT2D eigenvalue weighted by atomic mass is 9.97. The maximum absolute atomic E-state index is 12.9. The predicted octanol–water partition coefficient (Wildman–Crippen LogP) is 7.35. The van der Waals surface area contributed by atoms with E-state index in [0.29, 0.717) is 17.8 Å². The number of aryl methyl sites for hydroxylation is 2. The monoisotopic (exact) mass is 478 g/mol. The number of carbonyl (C=O) groups excluding carboxylic acids is 1. The molecule has 1 atom stereocenters. The summed E-state index contributed by atoms with van der Waals surface area (Å²) in [5, 5.41) is 0.900. The normalized spacial score (nSPS) is 12.0.